The van der Waals surface area contributed by atoms with Gasteiger partial charge in [-0.3, -0.25) is 4.90 Å². The predicted octanol–water partition coefficient (Wildman–Crippen LogP) is 2.57. The van der Waals surface area contributed by atoms with Gasteiger partial charge in [0, 0.05) is 29.7 Å². The van der Waals surface area contributed by atoms with E-state index in [1.807, 2.05) is 31.3 Å². The summed E-state index contributed by atoms with van der Waals surface area (Å²) in [4.78, 5) is 6.82. The normalized spacial score (nSPS) is 17.2. The molecule has 21 heavy (non-hydrogen) atoms. The first-order chi connectivity index (χ1) is 10.2. The average molecular weight is 307 g/mol. The molecule has 1 aliphatic heterocycles. The summed E-state index contributed by atoms with van der Waals surface area (Å²) in [6, 6.07) is 8.09. The molecule has 0 radical (unpaired) electrons. The van der Waals surface area contributed by atoms with Crippen molar-refractivity contribution in [3.63, 3.8) is 0 Å². The van der Waals surface area contributed by atoms with Crippen molar-refractivity contribution in [2.75, 3.05) is 20.1 Å². The molecule has 2 heterocycles. The third kappa shape index (κ3) is 3.61. The van der Waals surface area contributed by atoms with Crippen LogP contribution in [0.1, 0.15) is 18.7 Å². The van der Waals surface area contributed by atoms with Crippen molar-refractivity contribution < 1.29 is 4.52 Å². The maximum absolute atomic E-state index is 5.88. The molecular formula is C15H19ClN4O. The van der Waals surface area contributed by atoms with Gasteiger partial charge in [-0.05, 0) is 44.2 Å². The second-order valence-corrected chi connectivity index (χ2v) is 5.79. The van der Waals surface area contributed by atoms with Crippen LogP contribution < -0.4 is 5.32 Å². The molecule has 3 rings (SSSR count). The molecule has 0 bridgehead atoms. The summed E-state index contributed by atoms with van der Waals surface area (Å²) in [5.41, 5.74) is 0.920. The second kappa shape index (κ2) is 6.56. The minimum absolute atomic E-state index is 0.617. The van der Waals surface area contributed by atoms with Crippen LogP contribution in [0.4, 0.5) is 0 Å². The van der Waals surface area contributed by atoms with Crippen LogP contribution in [-0.2, 0) is 6.54 Å². The van der Waals surface area contributed by atoms with Gasteiger partial charge in [-0.2, -0.15) is 4.98 Å². The van der Waals surface area contributed by atoms with Crippen LogP contribution in [0.3, 0.4) is 0 Å². The molecule has 1 aromatic heterocycles. The van der Waals surface area contributed by atoms with Crippen molar-refractivity contribution in [2.24, 2.45) is 0 Å². The van der Waals surface area contributed by atoms with Crippen LogP contribution in [0.15, 0.2) is 28.8 Å². The van der Waals surface area contributed by atoms with Crippen LogP contribution in [0.2, 0.25) is 5.02 Å². The topological polar surface area (TPSA) is 54.2 Å². The Bertz CT molecular complexity index is 576. The molecule has 1 aliphatic rings. The van der Waals surface area contributed by atoms with Crippen molar-refractivity contribution in [1.29, 1.82) is 0 Å². The van der Waals surface area contributed by atoms with Gasteiger partial charge in [0.2, 0.25) is 11.7 Å². The van der Waals surface area contributed by atoms with Crippen molar-refractivity contribution in [2.45, 2.75) is 25.4 Å². The number of hydrogen-bond donors (Lipinski definition) is 1. The van der Waals surface area contributed by atoms with Gasteiger partial charge in [0.05, 0.1) is 6.54 Å². The molecule has 0 saturated carbocycles. The van der Waals surface area contributed by atoms with E-state index in [-0.39, 0.29) is 0 Å². The highest BCUT2D eigenvalue weighted by molar-refractivity contribution is 6.30. The van der Waals surface area contributed by atoms with E-state index in [0.29, 0.717) is 22.8 Å². The Hall–Kier alpha value is -1.43. The lowest BCUT2D eigenvalue weighted by molar-refractivity contribution is 0.173. The molecule has 1 fully saturated rings. The van der Waals surface area contributed by atoms with Gasteiger partial charge in [-0.25, -0.2) is 0 Å². The molecule has 0 spiro atoms. The van der Waals surface area contributed by atoms with Crippen molar-refractivity contribution in [1.82, 2.24) is 20.4 Å². The van der Waals surface area contributed by atoms with Crippen molar-refractivity contribution in [3.8, 4) is 11.4 Å². The summed E-state index contributed by atoms with van der Waals surface area (Å²) in [7, 11) is 2.02. The summed E-state index contributed by atoms with van der Waals surface area (Å²) in [6.45, 7) is 2.84. The zero-order chi connectivity index (χ0) is 14.7. The van der Waals surface area contributed by atoms with Gasteiger partial charge in [0.15, 0.2) is 0 Å². The third-order valence-electron chi connectivity index (χ3n) is 3.93. The van der Waals surface area contributed by atoms with Crippen molar-refractivity contribution in [3.05, 3.63) is 35.2 Å². The molecule has 0 unspecified atom stereocenters. The molecule has 0 amide bonds. The number of rotatable bonds is 4. The Labute approximate surface area is 129 Å². The quantitative estimate of drug-likeness (QED) is 0.941. The number of hydrogen-bond acceptors (Lipinski definition) is 5. The van der Waals surface area contributed by atoms with Crippen LogP contribution >= 0.6 is 11.6 Å². The fraction of sp³-hybridized carbons (Fsp3) is 0.467. The SMILES string of the molecule is CNC1CCN(Cc2nc(-c3ccc(Cl)cc3)no2)CC1. The summed E-state index contributed by atoms with van der Waals surface area (Å²) in [5.74, 6) is 1.29. The monoisotopic (exact) mass is 306 g/mol. The highest BCUT2D eigenvalue weighted by atomic mass is 35.5. The first kappa shape index (κ1) is 14.5. The molecule has 6 heteroatoms. The Morgan fingerprint density at radius 3 is 2.67 bits per heavy atom. The van der Waals surface area contributed by atoms with E-state index in [2.05, 4.69) is 20.4 Å². The van der Waals surface area contributed by atoms with Crippen LogP contribution in [-0.4, -0.2) is 41.2 Å². The molecule has 5 nitrogen and oxygen atoms in total. The number of piperidine rings is 1. The Morgan fingerprint density at radius 1 is 1.29 bits per heavy atom. The van der Waals surface area contributed by atoms with E-state index in [1.54, 1.807) is 0 Å². The largest absolute Gasteiger partial charge is 0.338 e. The minimum atomic E-state index is 0.617. The average Bonchev–Trinajstić information content (AvgIpc) is 2.97. The van der Waals surface area contributed by atoms with Crippen LogP contribution in [0.25, 0.3) is 11.4 Å². The van der Waals surface area contributed by atoms with E-state index in [0.717, 1.165) is 38.0 Å². The molecule has 112 valence electrons. The smallest absolute Gasteiger partial charge is 0.241 e. The molecule has 0 aliphatic carbocycles. The molecule has 1 aromatic carbocycles. The Kier molecular flexibility index (Phi) is 4.53. The Balaban J connectivity index is 1.62. The maximum atomic E-state index is 5.88. The molecule has 0 atom stereocenters. The number of aromatic nitrogens is 2. The highest BCUT2D eigenvalue weighted by Gasteiger charge is 2.19. The predicted molar refractivity (Wildman–Crippen MR) is 82.1 cm³/mol. The third-order valence-corrected chi connectivity index (χ3v) is 4.18. The number of nitrogens with zero attached hydrogens (tertiary/aromatic N) is 3. The fourth-order valence-electron chi connectivity index (χ4n) is 2.61. The standard InChI is InChI=1S/C15H19ClN4O/c1-17-13-6-8-20(9-7-13)10-14-18-15(19-21-14)11-2-4-12(16)5-3-11/h2-5,13,17H,6-10H2,1H3. The first-order valence-electron chi connectivity index (χ1n) is 7.23. The lowest BCUT2D eigenvalue weighted by Crippen LogP contribution is -2.40. The zero-order valence-electron chi connectivity index (χ0n) is 12.1. The van der Waals surface area contributed by atoms with Gasteiger partial charge >= 0.3 is 0 Å². The second-order valence-electron chi connectivity index (χ2n) is 5.36. The van der Waals surface area contributed by atoms with E-state index in [4.69, 9.17) is 16.1 Å². The van der Waals surface area contributed by atoms with Crippen molar-refractivity contribution >= 4 is 11.6 Å². The van der Waals surface area contributed by atoms with Gasteiger partial charge in [-0.15, -0.1) is 0 Å². The summed E-state index contributed by atoms with van der Waals surface area (Å²) < 4.78 is 5.35. The number of benzene rings is 1. The lowest BCUT2D eigenvalue weighted by Gasteiger charge is -2.30. The zero-order valence-corrected chi connectivity index (χ0v) is 12.8. The number of nitrogens with one attached hydrogen (secondary N) is 1. The minimum Gasteiger partial charge on any atom is -0.338 e. The van der Waals surface area contributed by atoms with Gasteiger partial charge < -0.3 is 9.84 Å². The fourth-order valence-corrected chi connectivity index (χ4v) is 2.73. The number of halogens is 1. The number of likely N-dealkylation sites (tertiary alicyclic amines) is 1. The van der Waals surface area contributed by atoms with Gasteiger partial charge in [0.25, 0.3) is 0 Å². The van der Waals surface area contributed by atoms with E-state index < -0.39 is 0 Å². The van der Waals surface area contributed by atoms with Gasteiger partial charge in [0.1, 0.15) is 0 Å². The summed E-state index contributed by atoms with van der Waals surface area (Å²) in [6.07, 6.45) is 2.32. The molecule has 2 aromatic rings. The van der Waals surface area contributed by atoms with E-state index in [9.17, 15) is 0 Å². The first-order valence-corrected chi connectivity index (χ1v) is 7.60. The maximum Gasteiger partial charge on any atom is 0.241 e. The summed E-state index contributed by atoms with van der Waals surface area (Å²) in [5, 5.41) is 8.08. The Morgan fingerprint density at radius 2 is 2.00 bits per heavy atom. The highest BCUT2D eigenvalue weighted by Crippen LogP contribution is 2.19. The molecular weight excluding hydrogens is 288 g/mol. The summed E-state index contributed by atoms with van der Waals surface area (Å²) >= 11 is 5.88. The molecule has 1 N–H and O–H groups in total. The van der Waals surface area contributed by atoms with Crippen LogP contribution in [0.5, 0.6) is 0 Å². The lowest BCUT2D eigenvalue weighted by atomic mass is 10.1. The molecule has 1 saturated heterocycles. The van der Waals surface area contributed by atoms with Gasteiger partial charge in [-0.1, -0.05) is 16.8 Å². The van der Waals surface area contributed by atoms with Crippen LogP contribution in [0, 0.1) is 0 Å². The van der Waals surface area contributed by atoms with E-state index >= 15 is 0 Å². The van der Waals surface area contributed by atoms with E-state index in [1.165, 1.54) is 0 Å².